The first-order valence-corrected chi connectivity index (χ1v) is 10.3. The quantitative estimate of drug-likeness (QED) is 0.583. The Morgan fingerprint density at radius 3 is 2.55 bits per heavy atom. The summed E-state index contributed by atoms with van der Waals surface area (Å²) >= 11 is 6.38. The van der Waals surface area contributed by atoms with E-state index < -0.39 is 0 Å². The van der Waals surface area contributed by atoms with Crippen molar-refractivity contribution in [3.8, 4) is 0 Å². The molecule has 2 heterocycles. The molecule has 0 saturated heterocycles. The van der Waals surface area contributed by atoms with E-state index in [1.165, 1.54) is 16.2 Å². The van der Waals surface area contributed by atoms with E-state index in [1.54, 1.807) is 25.2 Å². The van der Waals surface area contributed by atoms with Crippen LogP contribution in [0.25, 0.3) is 0 Å². The zero-order chi connectivity index (χ0) is 22.0. The van der Waals surface area contributed by atoms with Gasteiger partial charge in [-0.05, 0) is 30.7 Å². The molecule has 0 saturated carbocycles. The van der Waals surface area contributed by atoms with E-state index in [0.29, 0.717) is 11.4 Å². The fourth-order valence-corrected chi connectivity index (χ4v) is 3.83. The summed E-state index contributed by atoms with van der Waals surface area (Å²) in [7, 11) is 1.57. The van der Waals surface area contributed by atoms with Crippen molar-refractivity contribution in [2.75, 3.05) is 13.6 Å². The SMILES string of the molecule is Cc1ccc(C2CC(c3ccccc3Cl)=NN2C(=O)CN(C)C(=O)c2ccco2)cc1. The van der Waals surface area contributed by atoms with Gasteiger partial charge in [0.15, 0.2) is 5.76 Å². The van der Waals surface area contributed by atoms with Crippen LogP contribution in [-0.4, -0.2) is 41.0 Å². The van der Waals surface area contributed by atoms with Gasteiger partial charge in [-0.2, -0.15) is 5.10 Å². The molecule has 31 heavy (non-hydrogen) atoms. The fourth-order valence-electron chi connectivity index (χ4n) is 3.58. The average Bonchev–Trinajstić information content (AvgIpc) is 3.44. The van der Waals surface area contributed by atoms with Crippen LogP contribution < -0.4 is 0 Å². The Morgan fingerprint density at radius 2 is 1.87 bits per heavy atom. The first-order valence-electron chi connectivity index (χ1n) is 9.94. The van der Waals surface area contributed by atoms with Gasteiger partial charge in [-0.1, -0.05) is 59.6 Å². The van der Waals surface area contributed by atoms with Gasteiger partial charge in [0.1, 0.15) is 6.54 Å². The van der Waals surface area contributed by atoms with Crippen LogP contribution in [0.1, 0.15) is 39.7 Å². The van der Waals surface area contributed by atoms with E-state index in [1.807, 2.05) is 49.4 Å². The lowest BCUT2D eigenvalue weighted by Crippen LogP contribution is -2.39. The lowest BCUT2D eigenvalue weighted by atomic mass is 9.97. The number of carbonyl (C=O) groups excluding carboxylic acids is 2. The number of benzene rings is 2. The second-order valence-electron chi connectivity index (χ2n) is 7.53. The molecule has 1 unspecified atom stereocenters. The Bertz CT molecular complexity index is 1120. The number of furan rings is 1. The molecule has 6 nitrogen and oxygen atoms in total. The Balaban J connectivity index is 1.61. The largest absolute Gasteiger partial charge is 0.459 e. The predicted octanol–water partition coefficient (Wildman–Crippen LogP) is 4.69. The van der Waals surface area contributed by atoms with Crippen LogP contribution in [0, 0.1) is 6.92 Å². The molecule has 2 aromatic carbocycles. The number of amides is 2. The van der Waals surface area contributed by atoms with E-state index in [-0.39, 0.29) is 30.2 Å². The Kier molecular flexibility index (Phi) is 5.91. The Hall–Kier alpha value is -3.38. The molecule has 1 aliphatic heterocycles. The van der Waals surface area contributed by atoms with Crippen LogP contribution in [0.5, 0.6) is 0 Å². The van der Waals surface area contributed by atoms with E-state index in [9.17, 15) is 9.59 Å². The summed E-state index contributed by atoms with van der Waals surface area (Å²) in [5.41, 5.74) is 3.65. The fraction of sp³-hybridized carbons (Fsp3) is 0.208. The number of halogens is 1. The summed E-state index contributed by atoms with van der Waals surface area (Å²) in [4.78, 5) is 27.0. The van der Waals surface area contributed by atoms with Crippen LogP contribution in [0.15, 0.2) is 76.4 Å². The van der Waals surface area contributed by atoms with E-state index in [2.05, 4.69) is 5.10 Å². The lowest BCUT2D eigenvalue weighted by Gasteiger charge is -2.24. The number of carbonyl (C=O) groups is 2. The third-order valence-electron chi connectivity index (χ3n) is 5.26. The van der Waals surface area contributed by atoms with Gasteiger partial charge in [0, 0.05) is 24.1 Å². The first-order chi connectivity index (χ1) is 14.9. The minimum absolute atomic E-state index is 0.124. The summed E-state index contributed by atoms with van der Waals surface area (Å²) in [6, 6.07) is 18.4. The summed E-state index contributed by atoms with van der Waals surface area (Å²) in [6.07, 6.45) is 1.96. The van der Waals surface area contributed by atoms with Crippen molar-refractivity contribution in [2.24, 2.45) is 5.10 Å². The number of nitrogens with zero attached hydrogens (tertiary/aromatic N) is 3. The van der Waals surface area contributed by atoms with Crippen LogP contribution in [-0.2, 0) is 4.79 Å². The molecule has 0 bridgehead atoms. The molecule has 3 aromatic rings. The maximum atomic E-state index is 13.2. The highest BCUT2D eigenvalue weighted by Gasteiger charge is 2.34. The average molecular weight is 436 g/mol. The molecule has 1 aliphatic rings. The van der Waals surface area contributed by atoms with Crippen molar-refractivity contribution < 1.29 is 14.0 Å². The van der Waals surface area contributed by atoms with Crippen LogP contribution in [0.2, 0.25) is 5.02 Å². The molecular weight excluding hydrogens is 414 g/mol. The molecule has 0 spiro atoms. The Labute approximate surface area is 185 Å². The van der Waals surface area contributed by atoms with Gasteiger partial charge < -0.3 is 9.32 Å². The van der Waals surface area contributed by atoms with Crippen molar-refractivity contribution in [2.45, 2.75) is 19.4 Å². The van der Waals surface area contributed by atoms with E-state index in [4.69, 9.17) is 16.0 Å². The van der Waals surface area contributed by atoms with E-state index in [0.717, 1.165) is 22.4 Å². The Morgan fingerprint density at radius 1 is 1.13 bits per heavy atom. The van der Waals surface area contributed by atoms with Crippen molar-refractivity contribution >= 4 is 29.1 Å². The van der Waals surface area contributed by atoms with Gasteiger partial charge >= 0.3 is 0 Å². The molecule has 0 aliphatic carbocycles. The minimum Gasteiger partial charge on any atom is -0.459 e. The highest BCUT2D eigenvalue weighted by molar-refractivity contribution is 6.34. The topological polar surface area (TPSA) is 66.1 Å². The number of hydrazone groups is 1. The van der Waals surface area contributed by atoms with Gasteiger partial charge in [-0.15, -0.1) is 0 Å². The molecule has 158 valence electrons. The molecule has 1 atom stereocenters. The highest BCUT2D eigenvalue weighted by Crippen LogP contribution is 2.34. The molecule has 0 radical (unpaired) electrons. The second-order valence-corrected chi connectivity index (χ2v) is 7.94. The van der Waals surface area contributed by atoms with Gasteiger partial charge in [-0.25, -0.2) is 5.01 Å². The van der Waals surface area contributed by atoms with Gasteiger partial charge in [0.2, 0.25) is 0 Å². The third-order valence-corrected chi connectivity index (χ3v) is 5.59. The van der Waals surface area contributed by atoms with Crippen molar-refractivity contribution in [3.05, 3.63) is 94.4 Å². The van der Waals surface area contributed by atoms with Gasteiger partial charge in [0.25, 0.3) is 11.8 Å². The van der Waals surface area contributed by atoms with E-state index >= 15 is 0 Å². The maximum Gasteiger partial charge on any atom is 0.289 e. The van der Waals surface area contributed by atoms with Crippen LogP contribution in [0.3, 0.4) is 0 Å². The molecule has 1 aromatic heterocycles. The summed E-state index contributed by atoms with van der Waals surface area (Å²) in [5.74, 6) is -0.457. The van der Waals surface area contributed by atoms with Crippen LogP contribution in [0.4, 0.5) is 0 Å². The summed E-state index contributed by atoms with van der Waals surface area (Å²) < 4.78 is 5.15. The van der Waals surface area contributed by atoms with Crippen LogP contribution >= 0.6 is 11.6 Å². The zero-order valence-electron chi connectivity index (χ0n) is 17.3. The molecule has 2 amide bonds. The molecular formula is C24H22ClN3O3. The number of rotatable bonds is 5. The summed E-state index contributed by atoms with van der Waals surface area (Å²) in [5, 5.41) is 6.68. The summed E-state index contributed by atoms with van der Waals surface area (Å²) in [6.45, 7) is 1.89. The standard InChI is InChI=1S/C24H22ClN3O3/c1-16-9-11-17(12-10-16)21-14-20(18-6-3-4-7-19(18)25)26-28(21)23(29)15-27(2)24(30)22-8-5-13-31-22/h3-13,21H,14-15H2,1-2H3. The van der Waals surface area contributed by atoms with Crippen molar-refractivity contribution in [1.82, 2.24) is 9.91 Å². The van der Waals surface area contributed by atoms with Gasteiger partial charge in [-0.3, -0.25) is 9.59 Å². The third kappa shape index (κ3) is 4.39. The molecule has 0 N–H and O–H groups in total. The lowest BCUT2D eigenvalue weighted by molar-refractivity contribution is -0.133. The number of hydrogen-bond acceptors (Lipinski definition) is 4. The highest BCUT2D eigenvalue weighted by atomic mass is 35.5. The number of likely N-dealkylation sites (N-methyl/N-ethyl adjacent to an activating group) is 1. The van der Waals surface area contributed by atoms with Crippen molar-refractivity contribution in [1.29, 1.82) is 0 Å². The maximum absolute atomic E-state index is 13.2. The predicted molar refractivity (Wildman–Crippen MR) is 119 cm³/mol. The second kappa shape index (κ2) is 8.78. The first kappa shape index (κ1) is 20.9. The molecule has 7 heteroatoms. The molecule has 4 rings (SSSR count). The smallest absolute Gasteiger partial charge is 0.289 e. The molecule has 0 fully saturated rings. The van der Waals surface area contributed by atoms with Crippen molar-refractivity contribution in [3.63, 3.8) is 0 Å². The monoisotopic (exact) mass is 435 g/mol. The van der Waals surface area contributed by atoms with Gasteiger partial charge in [0.05, 0.1) is 18.0 Å². The number of aryl methyl sites for hydroxylation is 1. The normalized spacial score (nSPS) is 15.6. The minimum atomic E-state index is -0.361. The number of hydrogen-bond donors (Lipinski definition) is 0. The zero-order valence-corrected chi connectivity index (χ0v) is 18.0.